The Balaban J connectivity index is 3.44. The molecule has 0 heterocycles. The highest BCUT2D eigenvalue weighted by Crippen LogP contribution is 2.34. The van der Waals surface area contributed by atoms with E-state index in [4.69, 9.17) is 0 Å². The van der Waals surface area contributed by atoms with Gasteiger partial charge >= 0.3 is 6.18 Å². The minimum Gasteiger partial charge on any atom is -0.294 e. The van der Waals surface area contributed by atoms with Crippen LogP contribution in [0.15, 0.2) is 12.1 Å². The lowest BCUT2D eigenvalue weighted by Crippen LogP contribution is -2.12. The average molecular weight is 230 g/mol. The molecule has 0 aliphatic rings. The summed E-state index contributed by atoms with van der Waals surface area (Å²) in [4.78, 5) is 11.5. The molecule has 0 N–H and O–H groups in total. The Kier molecular flexibility index (Phi) is 3.41. The van der Waals surface area contributed by atoms with Crippen LogP contribution in [0.1, 0.15) is 40.4 Å². The van der Waals surface area contributed by atoms with E-state index in [0.717, 1.165) is 6.07 Å². The third-order valence-electron chi connectivity index (χ3n) is 2.48. The highest BCUT2D eigenvalue weighted by molar-refractivity contribution is 5.97. The van der Waals surface area contributed by atoms with Crippen molar-refractivity contribution in [2.45, 2.75) is 33.4 Å². The van der Waals surface area contributed by atoms with Crippen molar-refractivity contribution >= 4 is 5.78 Å². The molecule has 0 fully saturated rings. The van der Waals surface area contributed by atoms with Crippen molar-refractivity contribution in [3.8, 4) is 0 Å². The van der Waals surface area contributed by atoms with Crippen LogP contribution in [0.4, 0.5) is 13.2 Å². The molecule has 1 nitrogen and oxygen atoms in total. The van der Waals surface area contributed by atoms with E-state index in [1.807, 2.05) is 0 Å². The number of carbonyl (C=O) groups excluding carboxylic acids is 1. The molecule has 0 radical (unpaired) electrons. The van der Waals surface area contributed by atoms with Crippen LogP contribution in [-0.2, 0) is 6.18 Å². The predicted octanol–water partition coefficient (Wildman–Crippen LogP) is 3.91. The van der Waals surface area contributed by atoms with Gasteiger partial charge in [0, 0.05) is 12.0 Å². The molecule has 0 aliphatic carbocycles. The molecule has 0 bridgehead atoms. The van der Waals surface area contributed by atoms with E-state index in [1.165, 1.54) is 13.0 Å². The highest BCUT2D eigenvalue weighted by Gasteiger charge is 2.33. The number of carbonyl (C=O) groups is 1. The number of benzene rings is 1. The van der Waals surface area contributed by atoms with Crippen LogP contribution in [-0.4, -0.2) is 5.78 Å². The SMILES string of the molecule is CCC(=O)c1cc(C)cc(C(F)(F)F)c1C. The monoisotopic (exact) mass is 230 g/mol. The summed E-state index contributed by atoms with van der Waals surface area (Å²) in [6, 6.07) is 2.58. The maximum Gasteiger partial charge on any atom is 0.416 e. The van der Waals surface area contributed by atoms with Crippen molar-refractivity contribution in [1.82, 2.24) is 0 Å². The first-order valence-electron chi connectivity index (χ1n) is 4.99. The molecule has 88 valence electrons. The Morgan fingerprint density at radius 3 is 2.25 bits per heavy atom. The van der Waals surface area contributed by atoms with Crippen LogP contribution < -0.4 is 0 Å². The van der Waals surface area contributed by atoms with E-state index in [0.29, 0.717) is 5.56 Å². The number of rotatable bonds is 2. The van der Waals surface area contributed by atoms with Crippen molar-refractivity contribution in [1.29, 1.82) is 0 Å². The Labute approximate surface area is 92.3 Å². The number of alkyl halides is 3. The first-order chi connectivity index (χ1) is 7.27. The second kappa shape index (κ2) is 4.28. The van der Waals surface area contributed by atoms with Crippen LogP contribution in [0.5, 0.6) is 0 Å². The fourth-order valence-electron chi connectivity index (χ4n) is 1.63. The maximum absolute atomic E-state index is 12.7. The van der Waals surface area contributed by atoms with E-state index < -0.39 is 11.7 Å². The zero-order chi connectivity index (χ0) is 12.5. The van der Waals surface area contributed by atoms with Crippen molar-refractivity contribution in [3.63, 3.8) is 0 Å². The Morgan fingerprint density at radius 1 is 1.25 bits per heavy atom. The summed E-state index contributed by atoms with van der Waals surface area (Å²) in [5.74, 6) is -0.258. The third kappa shape index (κ3) is 2.43. The van der Waals surface area contributed by atoms with Gasteiger partial charge in [0.2, 0.25) is 0 Å². The molecule has 4 heteroatoms. The molecule has 0 atom stereocenters. The summed E-state index contributed by atoms with van der Waals surface area (Å²) >= 11 is 0. The molecule has 0 aromatic heterocycles. The van der Waals surface area contributed by atoms with Gasteiger partial charge in [-0.2, -0.15) is 13.2 Å². The second-order valence-electron chi connectivity index (χ2n) is 3.76. The molecule has 16 heavy (non-hydrogen) atoms. The molecule has 1 rings (SSSR count). The molecule has 0 unspecified atom stereocenters. The van der Waals surface area contributed by atoms with Gasteiger partial charge in [0.15, 0.2) is 5.78 Å². The Morgan fingerprint density at radius 2 is 1.81 bits per heavy atom. The van der Waals surface area contributed by atoms with Crippen molar-refractivity contribution in [2.75, 3.05) is 0 Å². The first-order valence-corrected chi connectivity index (χ1v) is 4.99. The van der Waals surface area contributed by atoms with E-state index in [2.05, 4.69) is 0 Å². The fourth-order valence-corrected chi connectivity index (χ4v) is 1.63. The van der Waals surface area contributed by atoms with Crippen LogP contribution in [0.2, 0.25) is 0 Å². The largest absolute Gasteiger partial charge is 0.416 e. The van der Waals surface area contributed by atoms with Gasteiger partial charge in [-0.15, -0.1) is 0 Å². The van der Waals surface area contributed by atoms with Crippen LogP contribution in [0.3, 0.4) is 0 Å². The standard InChI is InChI=1S/C12H13F3O/c1-4-11(16)9-5-7(2)6-10(8(9)3)12(13,14)15/h5-6H,4H2,1-3H3. The number of halogens is 3. The van der Waals surface area contributed by atoms with Gasteiger partial charge in [0.25, 0.3) is 0 Å². The average Bonchev–Trinajstić information content (AvgIpc) is 2.18. The first kappa shape index (κ1) is 12.7. The second-order valence-corrected chi connectivity index (χ2v) is 3.76. The lowest BCUT2D eigenvalue weighted by atomic mass is 9.95. The van der Waals surface area contributed by atoms with Crippen molar-refractivity contribution in [3.05, 3.63) is 34.4 Å². The number of hydrogen-bond acceptors (Lipinski definition) is 1. The highest BCUT2D eigenvalue weighted by atomic mass is 19.4. The Bertz CT molecular complexity index is 419. The van der Waals surface area contributed by atoms with Gasteiger partial charge in [-0.25, -0.2) is 0 Å². The summed E-state index contributed by atoms with van der Waals surface area (Å²) in [7, 11) is 0. The maximum atomic E-state index is 12.7. The third-order valence-corrected chi connectivity index (χ3v) is 2.48. The molecule has 0 saturated carbocycles. The summed E-state index contributed by atoms with van der Waals surface area (Å²) in [5, 5.41) is 0. The summed E-state index contributed by atoms with van der Waals surface area (Å²) < 4.78 is 38.0. The molecule has 0 aliphatic heterocycles. The topological polar surface area (TPSA) is 17.1 Å². The predicted molar refractivity (Wildman–Crippen MR) is 55.5 cm³/mol. The van der Waals surface area contributed by atoms with Crippen LogP contribution in [0.25, 0.3) is 0 Å². The molecule has 1 aromatic carbocycles. The quantitative estimate of drug-likeness (QED) is 0.704. The smallest absolute Gasteiger partial charge is 0.294 e. The molecule has 1 aromatic rings. The van der Waals surface area contributed by atoms with Gasteiger partial charge in [-0.1, -0.05) is 6.92 Å². The zero-order valence-corrected chi connectivity index (χ0v) is 9.40. The molecule has 0 saturated heterocycles. The number of aryl methyl sites for hydroxylation is 1. The number of hydrogen-bond donors (Lipinski definition) is 0. The summed E-state index contributed by atoms with van der Waals surface area (Å²) in [5.41, 5.74) is -0.0706. The lowest BCUT2D eigenvalue weighted by Gasteiger charge is -2.14. The zero-order valence-electron chi connectivity index (χ0n) is 9.40. The van der Waals surface area contributed by atoms with E-state index in [1.54, 1.807) is 13.8 Å². The van der Waals surface area contributed by atoms with Gasteiger partial charge in [-0.05, 0) is 37.1 Å². The van der Waals surface area contributed by atoms with Gasteiger partial charge in [0.1, 0.15) is 0 Å². The van der Waals surface area contributed by atoms with E-state index >= 15 is 0 Å². The molecule has 0 spiro atoms. The molecular weight excluding hydrogens is 217 g/mol. The molecule has 0 amide bonds. The van der Waals surface area contributed by atoms with E-state index in [-0.39, 0.29) is 23.3 Å². The minimum absolute atomic E-state index is 0.0185. The van der Waals surface area contributed by atoms with Crippen molar-refractivity contribution in [2.24, 2.45) is 0 Å². The molecular formula is C12H13F3O. The van der Waals surface area contributed by atoms with Gasteiger partial charge in [-0.3, -0.25) is 4.79 Å². The number of ketones is 1. The normalized spacial score (nSPS) is 11.6. The van der Waals surface area contributed by atoms with Gasteiger partial charge < -0.3 is 0 Å². The lowest BCUT2D eigenvalue weighted by molar-refractivity contribution is -0.138. The summed E-state index contributed by atoms with van der Waals surface area (Å²) in [6.45, 7) is 4.53. The summed E-state index contributed by atoms with van der Waals surface area (Å²) in [6.07, 6.45) is -4.19. The number of Topliss-reactive ketones (excluding diaryl/α,β-unsaturated/α-hetero) is 1. The Hall–Kier alpha value is -1.32. The van der Waals surface area contributed by atoms with Crippen LogP contribution >= 0.6 is 0 Å². The van der Waals surface area contributed by atoms with E-state index in [9.17, 15) is 18.0 Å². The van der Waals surface area contributed by atoms with Crippen molar-refractivity contribution < 1.29 is 18.0 Å². The fraction of sp³-hybridized carbons (Fsp3) is 0.417. The van der Waals surface area contributed by atoms with Gasteiger partial charge in [0.05, 0.1) is 5.56 Å². The minimum atomic E-state index is -4.40. The van der Waals surface area contributed by atoms with Crippen LogP contribution in [0, 0.1) is 13.8 Å².